The number of aliphatic carboxylic acids is 1. The molecular formula is C15H14ClF3O3. The van der Waals surface area contributed by atoms with Gasteiger partial charge in [0.2, 0.25) is 5.76 Å². The fourth-order valence-corrected chi connectivity index (χ4v) is 2.75. The molecule has 7 heteroatoms. The van der Waals surface area contributed by atoms with E-state index in [2.05, 4.69) is 0 Å². The smallest absolute Gasteiger partial charge is 0.450 e. The van der Waals surface area contributed by atoms with Gasteiger partial charge in [-0.3, -0.25) is 0 Å². The zero-order valence-corrected chi connectivity index (χ0v) is 12.9. The maximum Gasteiger partial charge on any atom is 0.450 e. The number of carboxylic acids is 1. The quantitative estimate of drug-likeness (QED) is 0.758. The fourth-order valence-electron chi connectivity index (χ4n) is 2.27. The number of carbonyl (C=O) groups is 1. The van der Waals surface area contributed by atoms with Gasteiger partial charge in [0.15, 0.2) is 0 Å². The summed E-state index contributed by atoms with van der Waals surface area (Å²) in [7, 11) is 0. The van der Waals surface area contributed by atoms with E-state index >= 15 is 0 Å². The topological polar surface area (TPSA) is 46.5 Å². The van der Waals surface area contributed by atoms with Gasteiger partial charge in [-0.15, -0.1) is 0 Å². The third kappa shape index (κ3) is 3.06. The van der Waals surface area contributed by atoms with Gasteiger partial charge in [0, 0.05) is 17.0 Å². The number of alkyl halides is 3. The number of ether oxygens (including phenoxy) is 1. The molecule has 1 N–H and O–H groups in total. The predicted octanol–water partition coefficient (Wildman–Crippen LogP) is 4.67. The SMILES string of the molecule is CC(C)(C)C1=C(Cl)CC2=CC(C(=O)O)=C(C(F)(F)F)OC2=C1. The zero-order valence-electron chi connectivity index (χ0n) is 12.1. The van der Waals surface area contributed by atoms with Crippen molar-refractivity contribution >= 4 is 17.6 Å². The number of fused-ring (bicyclic) bond motifs is 1. The van der Waals surface area contributed by atoms with Crippen molar-refractivity contribution in [3.05, 3.63) is 45.4 Å². The van der Waals surface area contributed by atoms with Gasteiger partial charge in [0.25, 0.3) is 0 Å². The van der Waals surface area contributed by atoms with Crippen LogP contribution in [0, 0.1) is 5.41 Å². The van der Waals surface area contributed by atoms with Crippen molar-refractivity contribution in [3.63, 3.8) is 0 Å². The van der Waals surface area contributed by atoms with Gasteiger partial charge in [-0.25, -0.2) is 4.79 Å². The summed E-state index contributed by atoms with van der Waals surface area (Å²) in [6.45, 7) is 5.63. The molecule has 0 bridgehead atoms. The number of halogens is 4. The molecule has 0 amide bonds. The highest BCUT2D eigenvalue weighted by atomic mass is 35.5. The van der Waals surface area contributed by atoms with Gasteiger partial charge in [0.05, 0.1) is 0 Å². The van der Waals surface area contributed by atoms with Crippen molar-refractivity contribution in [2.24, 2.45) is 5.41 Å². The molecule has 2 aliphatic rings. The third-order valence-corrected chi connectivity index (χ3v) is 3.64. The fraction of sp³-hybridized carbons (Fsp3) is 0.400. The number of allylic oxidation sites excluding steroid dienone is 5. The Hall–Kier alpha value is -1.69. The molecule has 3 nitrogen and oxygen atoms in total. The molecule has 1 aliphatic heterocycles. The molecule has 1 heterocycles. The molecule has 22 heavy (non-hydrogen) atoms. The Morgan fingerprint density at radius 1 is 1.27 bits per heavy atom. The molecule has 0 atom stereocenters. The van der Waals surface area contributed by atoms with Crippen LogP contribution in [0.25, 0.3) is 0 Å². The Kier molecular flexibility index (Phi) is 3.94. The number of hydrogen-bond acceptors (Lipinski definition) is 2. The van der Waals surface area contributed by atoms with Crippen LogP contribution in [0.15, 0.2) is 45.4 Å². The van der Waals surface area contributed by atoms with E-state index in [0.29, 0.717) is 16.2 Å². The zero-order chi connectivity index (χ0) is 16.9. The monoisotopic (exact) mass is 334 g/mol. The lowest BCUT2D eigenvalue weighted by atomic mass is 9.81. The third-order valence-electron chi connectivity index (χ3n) is 3.30. The van der Waals surface area contributed by atoms with Gasteiger partial charge in [-0.1, -0.05) is 32.4 Å². The lowest BCUT2D eigenvalue weighted by Gasteiger charge is -2.30. The van der Waals surface area contributed by atoms with Crippen molar-refractivity contribution in [1.29, 1.82) is 0 Å². The summed E-state index contributed by atoms with van der Waals surface area (Å²) < 4.78 is 43.8. The molecule has 0 aromatic rings. The summed E-state index contributed by atoms with van der Waals surface area (Å²) in [6, 6.07) is 0. The molecule has 0 spiro atoms. The van der Waals surface area contributed by atoms with Crippen LogP contribution >= 0.6 is 11.6 Å². The van der Waals surface area contributed by atoms with Gasteiger partial charge in [-0.05, 0) is 23.1 Å². The maximum absolute atomic E-state index is 13.0. The molecule has 0 unspecified atom stereocenters. The lowest BCUT2D eigenvalue weighted by molar-refractivity contribution is -0.138. The highest BCUT2D eigenvalue weighted by Gasteiger charge is 2.44. The van der Waals surface area contributed by atoms with Gasteiger partial charge in [-0.2, -0.15) is 13.2 Å². The molecule has 0 radical (unpaired) electrons. The molecule has 2 rings (SSSR count). The van der Waals surface area contributed by atoms with E-state index in [0.717, 1.165) is 6.08 Å². The first kappa shape index (κ1) is 16.7. The van der Waals surface area contributed by atoms with Crippen LogP contribution in [0.2, 0.25) is 0 Å². The molecular weight excluding hydrogens is 321 g/mol. The van der Waals surface area contributed by atoms with E-state index in [-0.39, 0.29) is 17.6 Å². The first-order valence-corrected chi connectivity index (χ1v) is 6.83. The summed E-state index contributed by atoms with van der Waals surface area (Å²) in [6.07, 6.45) is -2.32. The van der Waals surface area contributed by atoms with Crippen LogP contribution in [-0.4, -0.2) is 17.3 Å². The Morgan fingerprint density at radius 2 is 1.86 bits per heavy atom. The van der Waals surface area contributed by atoms with Gasteiger partial charge >= 0.3 is 12.1 Å². The summed E-state index contributed by atoms with van der Waals surface area (Å²) in [4.78, 5) is 11.0. The van der Waals surface area contributed by atoms with Crippen LogP contribution in [0.1, 0.15) is 27.2 Å². The summed E-state index contributed by atoms with van der Waals surface area (Å²) in [5, 5.41) is 9.43. The van der Waals surface area contributed by atoms with Crippen LogP contribution in [0.4, 0.5) is 13.2 Å². The Morgan fingerprint density at radius 3 is 2.32 bits per heavy atom. The minimum atomic E-state index is -4.89. The second-order valence-electron chi connectivity index (χ2n) is 6.07. The van der Waals surface area contributed by atoms with Crippen LogP contribution in [0.5, 0.6) is 0 Å². The molecule has 0 saturated heterocycles. The normalized spacial score (nSPS) is 19.4. The first-order valence-electron chi connectivity index (χ1n) is 6.45. The predicted molar refractivity (Wildman–Crippen MR) is 74.9 cm³/mol. The van der Waals surface area contributed by atoms with E-state index in [9.17, 15) is 18.0 Å². The Balaban J connectivity index is 2.54. The van der Waals surface area contributed by atoms with E-state index in [4.69, 9.17) is 21.4 Å². The molecule has 120 valence electrons. The second-order valence-corrected chi connectivity index (χ2v) is 6.53. The first-order chi connectivity index (χ1) is 9.91. The van der Waals surface area contributed by atoms with Crippen LogP contribution < -0.4 is 0 Å². The van der Waals surface area contributed by atoms with Crippen molar-refractivity contribution < 1.29 is 27.8 Å². The van der Waals surface area contributed by atoms with Crippen molar-refractivity contribution in [2.45, 2.75) is 33.4 Å². The minimum Gasteiger partial charge on any atom is -0.478 e. The van der Waals surface area contributed by atoms with Crippen molar-refractivity contribution in [1.82, 2.24) is 0 Å². The number of rotatable bonds is 1. The summed E-state index contributed by atoms with van der Waals surface area (Å²) in [5.41, 5.74) is -0.290. The van der Waals surface area contributed by atoms with Crippen molar-refractivity contribution in [3.8, 4) is 0 Å². The standard InChI is InChI=1S/C15H14ClF3O3/c1-14(2,3)9-6-11-7(5-10(9)16)4-8(13(20)21)12(22-11)15(17,18)19/h4,6H,5H2,1-3H3,(H,20,21). The van der Waals surface area contributed by atoms with Crippen LogP contribution in [0.3, 0.4) is 0 Å². The molecule has 0 aromatic carbocycles. The molecule has 0 fully saturated rings. The largest absolute Gasteiger partial charge is 0.478 e. The number of hydrogen-bond donors (Lipinski definition) is 1. The Labute approximate surface area is 130 Å². The average molecular weight is 335 g/mol. The van der Waals surface area contributed by atoms with Gasteiger partial charge in [0.1, 0.15) is 11.3 Å². The second kappa shape index (κ2) is 5.19. The minimum absolute atomic E-state index is 0.00773. The number of carboxylic acid groups (broad SMARTS) is 1. The average Bonchev–Trinajstić information content (AvgIpc) is 2.33. The maximum atomic E-state index is 13.0. The van der Waals surface area contributed by atoms with E-state index in [1.54, 1.807) is 0 Å². The highest BCUT2D eigenvalue weighted by Crippen LogP contribution is 2.45. The van der Waals surface area contributed by atoms with Crippen LogP contribution in [-0.2, 0) is 9.53 Å². The van der Waals surface area contributed by atoms with Crippen molar-refractivity contribution in [2.75, 3.05) is 0 Å². The Bertz CT molecular complexity index is 659. The van der Waals surface area contributed by atoms with E-state index in [1.807, 2.05) is 20.8 Å². The molecule has 0 aromatic heterocycles. The lowest BCUT2D eigenvalue weighted by Crippen LogP contribution is -2.24. The molecule has 0 saturated carbocycles. The summed E-state index contributed by atoms with van der Waals surface area (Å²) >= 11 is 6.19. The van der Waals surface area contributed by atoms with Gasteiger partial charge < -0.3 is 9.84 Å². The molecule has 1 aliphatic carbocycles. The van der Waals surface area contributed by atoms with E-state index < -0.39 is 23.5 Å². The van der Waals surface area contributed by atoms with E-state index in [1.165, 1.54) is 6.08 Å². The summed E-state index contributed by atoms with van der Waals surface area (Å²) in [5.74, 6) is -3.21. The highest BCUT2D eigenvalue weighted by molar-refractivity contribution is 6.30.